The van der Waals surface area contributed by atoms with Crippen LogP contribution < -0.4 is 11.3 Å². The molecule has 0 unspecified atom stereocenters. The van der Waals surface area contributed by atoms with E-state index in [1.807, 2.05) is 0 Å². The summed E-state index contributed by atoms with van der Waals surface area (Å²) in [6.07, 6.45) is 6.01. The van der Waals surface area contributed by atoms with Gasteiger partial charge in [-0.05, 0) is 30.2 Å². The number of carbonyl (C=O) groups is 1. The Bertz CT molecular complexity index is 778. The van der Waals surface area contributed by atoms with Crippen LogP contribution in [0.3, 0.4) is 0 Å². The van der Waals surface area contributed by atoms with Crippen LogP contribution in [0.5, 0.6) is 0 Å². The van der Waals surface area contributed by atoms with Crippen molar-refractivity contribution in [2.75, 3.05) is 0 Å². The lowest BCUT2D eigenvalue weighted by atomic mass is 9.88. The lowest BCUT2D eigenvalue weighted by Crippen LogP contribution is -2.26. The van der Waals surface area contributed by atoms with Crippen molar-refractivity contribution in [3.8, 4) is 0 Å². The summed E-state index contributed by atoms with van der Waals surface area (Å²) >= 11 is 0. The van der Waals surface area contributed by atoms with Crippen LogP contribution in [0.1, 0.15) is 44.7 Å². The zero-order valence-electron chi connectivity index (χ0n) is 14.1. The first kappa shape index (κ1) is 15.8. The van der Waals surface area contributed by atoms with Crippen LogP contribution in [0.2, 0.25) is 0 Å². The number of nitrogens with two attached hydrogens (primary N) is 1. The number of carbonyl (C=O) groups excluding carboxylic acids is 1. The van der Waals surface area contributed by atoms with Crippen molar-refractivity contribution in [1.82, 2.24) is 9.99 Å². The van der Waals surface area contributed by atoms with E-state index in [1.54, 1.807) is 0 Å². The third-order valence-corrected chi connectivity index (χ3v) is 4.44. The minimum Gasteiger partial charge on any atom is -0.347 e. The molecule has 0 saturated carbocycles. The second kappa shape index (κ2) is 5.85. The Hall–Kier alpha value is -2.07. The molecule has 1 aromatic heterocycles. The number of para-hydroxylation sites is 1. The Morgan fingerprint density at radius 2 is 2.17 bits per heavy atom. The number of aromatic nitrogens is 1. The first-order valence-corrected chi connectivity index (χ1v) is 8.20. The minimum atomic E-state index is 0.0491. The smallest absolute Gasteiger partial charge is 0.152 e. The maximum Gasteiger partial charge on any atom is 0.152 e. The summed E-state index contributed by atoms with van der Waals surface area (Å²) in [5, 5.41) is 1.14. The van der Waals surface area contributed by atoms with Gasteiger partial charge in [-0.3, -0.25) is 10.6 Å². The molecule has 1 aliphatic rings. The highest BCUT2D eigenvalue weighted by Gasteiger charge is 2.22. The predicted octanol–water partition coefficient (Wildman–Crippen LogP) is 3.40. The molecule has 0 fully saturated rings. The van der Waals surface area contributed by atoms with E-state index in [-0.39, 0.29) is 5.41 Å². The van der Waals surface area contributed by atoms with Crippen LogP contribution >= 0.6 is 0 Å². The van der Waals surface area contributed by atoms with Crippen molar-refractivity contribution in [3.05, 3.63) is 41.2 Å². The normalized spacial score (nSPS) is 15.5. The molecule has 2 heterocycles. The molecule has 4 heteroatoms. The molecule has 4 nitrogen and oxygen atoms in total. The number of allylic oxidation sites excluding steroid dienone is 2. The zero-order valence-corrected chi connectivity index (χ0v) is 14.1. The summed E-state index contributed by atoms with van der Waals surface area (Å²) in [7, 11) is 0. The molecule has 0 saturated heterocycles. The molecule has 0 amide bonds. The van der Waals surface area contributed by atoms with Gasteiger partial charge < -0.3 is 9.99 Å². The van der Waals surface area contributed by atoms with E-state index < -0.39 is 0 Å². The molecular formula is C19H25N3O. The maximum atomic E-state index is 11.9. The number of nitrogens with zero attached hydrogens (tertiary/aromatic N) is 1. The zero-order chi connectivity index (χ0) is 16.6. The largest absolute Gasteiger partial charge is 0.347 e. The molecule has 0 radical (unpaired) electrons. The van der Waals surface area contributed by atoms with Crippen molar-refractivity contribution in [2.45, 2.75) is 46.6 Å². The summed E-state index contributed by atoms with van der Waals surface area (Å²) in [6, 6.07) is 6.37. The Balaban J connectivity index is 2.22. The number of hydrogen-bond acceptors (Lipinski definition) is 3. The van der Waals surface area contributed by atoms with Gasteiger partial charge in [0, 0.05) is 35.0 Å². The van der Waals surface area contributed by atoms with Gasteiger partial charge in [-0.15, -0.1) is 0 Å². The third kappa shape index (κ3) is 2.91. The number of hydrazine groups is 1. The lowest BCUT2D eigenvalue weighted by Gasteiger charge is -2.21. The van der Waals surface area contributed by atoms with Gasteiger partial charge >= 0.3 is 0 Å². The predicted molar refractivity (Wildman–Crippen MR) is 94.6 cm³/mol. The summed E-state index contributed by atoms with van der Waals surface area (Å²) in [5.41, 5.74) is 7.90. The van der Waals surface area contributed by atoms with Crippen LogP contribution in [0.25, 0.3) is 16.5 Å². The highest BCUT2D eigenvalue weighted by molar-refractivity contribution is 6.14. The Labute approximate surface area is 137 Å². The van der Waals surface area contributed by atoms with E-state index in [0.717, 1.165) is 48.7 Å². The lowest BCUT2D eigenvalue weighted by molar-refractivity contribution is -0.103. The number of hydrogen-bond donors (Lipinski definition) is 2. The standard InChI is InChI=1S/C19H25N3O/c1-19(2,3)10-17(21-20)16(12-23)15-11-22-9-5-7-13-6-4-8-14(15)18(13)22/h4,6,8,11-12,21H,5,7,9-10,20H2,1-3H3/b17-16+. The van der Waals surface area contributed by atoms with Gasteiger partial charge in [0.2, 0.25) is 0 Å². The molecule has 3 rings (SSSR count). The van der Waals surface area contributed by atoms with Crippen LogP contribution in [0, 0.1) is 5.41 Å². The molecule has 122 valence electrons. The summed E-state index contributed by atoms with van der Waals surface area (Å²) in [4.78, 5) is 11.9. The van der Waals surface area contributed by atoms with Gasteiger partial charge in [0.15, 0.2) is 6.29 Å². The first-order valence-electron chi connectivity index (χ1n) is 8.20. The molecule has 1 aliphatic heterocycles. The van der Waals surface area contributed by atoms with Crippen molar-refractivity contribution in [3.63, 3.8) is 0 Å². The number of aryl methyl sites for hydroxylation is 2. The maximum absolute atomic E-state index is 11.9. The molecule has 3 N–H and O–H groups in total. The van der Waals surface area contributed by atoms with Gasteiger partial charge in [0.25, 0.3) is 0 Å². The molecule has 1 aromatic carbocycles. The molecule has 0 bridgehead atoms. The highest BCUT2D eigenvalue weighted by Crippen LogP contribution is 2.35. The fraction of sp³-hybridized carbons (Fsp3) is 0.421. The molecule has 0 atom stereocenters. The SMILES string of the molecule is CC(C)(C)C/C(NN)=C(/C=O)c1cn2c3c(cccc13)CCC2. The Kier molecular flexibility index (Phi) is 4.02. The summed E-state index contributed by atoms with van der Waals surface area (Å²) in [6.45, 7) is 7.43. The van der Waals surface area contributed by atoms with E-state index in [4.69, 9.17) is 5.84 Å². The van der Waals surface area contributed by atoms with Gasteiger partial charge in [0.1, 0.15) is 0 Å². The molecule has 23 heavy (non-hydrogen) atoms. The monoisotopic (exact) mass is 311 g/mol. The van der Waals surface area contributed by atoms with Crippen molar-refractivity contribution >= 4 is 22.8 Å². The van der Waals surface area contributed by atoms with Crippen molar-refractivity contribution < 1.29 is 4.79 Å². The van der Waals surface area contributed by atoms with Crippen molar-refractivity contribution in [2.24, 2.45) is 11.3 Å². The number of rotatable bonds is 4. The van der Waals surface area contributed by atoms with Crippen molar-refractivity contribution in [1.29, 1.82) is 0 Å². The molecule has 0 spiro atoms. The second-order valence-electron chi connectivity index (χ2n) is 7.54. The van der Waals surface area contributed by atoms with E-state index in [2.05, 4.69) is 55.2 Å². The fourth-order valence-electron chi connectivity index (χ4n) is 3.52. The minimum absolute atomic E-state index is 0.0491. The van der Waals surface area contributed by atoms with Crippen LogP contribution in [0.4, 0.5) is 0 Å². The van der Waals surface area contributed by atoms with Gasteiger partial charge in [-0.2, -0.15) is 0 Å². The molecule has 2 aromatic rings. The van der Waals surface area contributed by atoms with Crippen LogP contribution in [0.15, 0.2) is 30.1 Å². The van der Waals surface area contributed by atoms with Gasteiger partial charge in [0.05, 0.1) is 5.52 Å². The molecule has 0 aliphatic carbocycles. The van der Waals surface area contributed by atoms with E-state index in [0.29, 0.717) is 5.57 Å². The first-order chi connectivity index (χ1) is 10.9. The van der Waals surface area contributed by atoms with Gasteiger partial charge in [-0.25, -0.2) is 0 Å². The fourth-order valence-corrected chi connectivity index (χ4v) is 3.52. The topological polar surface area (TPSA) is 60.0 Å². The highest BCUT2D eigenvalue weighted by atomic mass is 16.1. The summed E-state index contributed by atoms with van der Waals surface area (Å²) in [5.74, 6) is 5.75. The van der Waals surface area contributed by atoms with E-state index >= 15 is 0 Å². The average molecular weight is 311 g/mol. The van der Waals surface area contributed by atoms with E-state index in [1.165, 1.54) is 11.1 Å². The Morgan fingerprint density at radius 1 is 1.39 bits per heavy atom. The second-order valence-corrected chi connectivity index (χ2v) is 7.54. The van der Waals surface area contributed by atoms with Gasteiger partial charge in [-0.1, -0.05) is 39.0 Å². The number of aldehydes is 1. The third-order valence-electron chi connectivity index (χ3n) is 4.44. The number of benzene rings is 1. The quantitative estimate of drug-likeness (QED) is 0.394. The Morgan fingerprint density at radius 3 is 2.83 bits per heavy atom. The van der Waals surface area contributed by atoms with Crippen LogP contribution in [-0.2, 0) is 17.8 Å². The van der Waals surface area contributed by atoms with Crippen LogP contribution in [-0.4, -0.2) is 10.9 Å². The average Bonchev–Trinajstić information content (AvgIpc) is 2.87. The summed E-state index contributed by atoms with van der Waals surface area (Å²) < 4.78 is 2.28. The number of nitrogens with one attached hydrogen (secondary N) is 1. The van der Waals surface area contributed by atoms with E-state index in [9.17, 15) is 4.79 Å². The molecular weight excluding hydrogens is 286 g/mol.